The highest BCUT2D eigenvalue weighted by Crippen LogP contribution is 2.39. The molecule has 204 valence electrons. The molecule has 1 spiro atoms. The number of para-hydroxylation sites is 1. The molecule has 1 aromatic carbocycles. The smallest absolute Gasteiger partial charge is 0.358 e. The molecule has 2 fully saturated rings. The minimum atomic E-state index is -4.57. The minimum absolute atomic E-state index is 0.153. The largest absolute Gasteiger partial charge is 0.433 e. The number of hydrogen-bond acceptors (Lipinski definition) is 6. The third-order valence-electron chi connectivity index (χ3n) is 7.73. The Kier molecular flexibility index (Phi) is 6.36. The van der Waals surface area contributed by atoms with Crippen LogP contribution in [-0.4, -0.2) is 61.5 Å². The molecule has 0 saturated carbocycles. The van der Waals surface area contributed by atoms with Gasteiger partial charge in [-0.1, -0.05) is 18.2 Å². The van der Waals surface area contributed by atoms with E-state index >= 15 is 0 Å². The quantitative estimate of drug-likeness (QED) is 0.366. The molecule has 2 aliphatic heterocycles. The third-order valence-corrected chi connectivity index (χ3v) is 7.73. The number of ketones is 1. The Morgan fingerprint density at radius 3 is 2.27 bits per heavy atom. The Balaban J connectivity index is 1.27. The first kappa shape index (κ1) is 25.7. The summed E-state index contributed by atoms with van der Waals surface area (Å²) in [7, 11) is 0. The molecule has 0 radical (unpaired) electrons. The lowest BCUT2D eigenvalue weighted by atomic mass is 9.83. The van der Waals surface area contributed by atoms with Gasteiger partial charge < -0.3 is 9.80 Å². The molecule has 8 nitrogen and oxygen atoms in total. The minimum Gasteiger partial charge on any atom is -0.358 e. The van der Waals surface area contributed by atoms with Crippen LogP contribution in [0.15, 0.2) is 79.3 Å². The van der Waals surface area contributed by atoms with E-state index in [1.807, 2.05) is 30.3 Å². The number of Topliss-reactive ketones (excluding diaryl/α,β-unsaturated/α-hetero) is 1. The van der Waals surface area contributed by atoms with Crippen molar-refractivity contribution in [1.82, 2.24) is 24.6 Å². The molecule has 2 saturated heterocycles. The first-order valence-corrected chi connectivity index (χ1v) is 13.0. The van der Waals surface area contributed by atoms with Crippen molar-refractivity contribution in [2.24, 2.45) is 0 Å². The van der Waals surface area contributed by atoms with Crippen LogP contribution in [0.25, 0.3) is 16.9 Å². The van der Waals surface area contributed by atoms with Gasteiger partial charge in [0.2, 0.25) is 0 Å². The van der Waals surface area contributed by atoms with Gasteiger partial charge in [0.1, 0.15) is 11.2 Å². The maximum absolute atomic E-state index is 13.6. The van der Waals surface area contributed by atoms with Crippen molar-refractivity contribution < 1.29 is 22.8 Å². The van der Waals surface area contributed by atoms with E-state index < -0.39 is 17.4 Å². The van der Waals surface area contributed by atoms with Crippen LogP contribution in [0.4, 0.5) is 18.9 Å². The Morgan fingerprint density at radius 2 is 1.62 bits per heavy atom. The number of benzene rings is 1. The van der Waals surface area contributed by atoms with E-state index in [0.29, 0.717) is 50.2 Å². The van der Waals surface area contributed by atoms with Gasteiger partial charge in [0.05, 0.1) is 17.6 Å². The number of anilines is 1. The summed E-state index contributed by atoms with van der Waals surface area (Å²) in [6.45, 7) is 1.41. The molecule has 0 aliphatic carbocycles. The highest BCUT2D eigenvalue weighted by atomic mass is 19.4. The van der Waals surface area contributed by atoms with E-state index in [-0.39, 0.29) is 23.1 Å². The summed E-state index contributed by atoms with van der Waals surface area (Å²) in [6, 6.07) is 17.1. The number of hydrogen-bond donors (Lipinski definition) is 0. The lowest BCUT2D eigenvalue weighted by Crippen LogP contribution is -2.56. The van der Waals surface area contributed by atoms with Crippen molar-refractivity contribution in [3.63, 3.8) is 0 Å². The van der Waals surface area contributed by atoms with Gasteiger partial charge in [-0.15, -0.1) is 0 Å². The van der Waals surface area contributed by atoms with Crippen molar-refractivity contribution in [2.75, 3.05) is 24.5 Å². The van der Waals surface area contributed by atoms with Crippen LogP contribution >= 0.6 is 0 Å². The van der Waals surface area contributed by atoms with E-state index in [4.69, 9.17) is 0 Å². The summed E-state index contributed by atoms with van der Waals surface area (Å²) in [5.74, 6) is -0.108. The van der Waals surface area contributed by atoms with Crippen molar-refractivity contribution in [1.29, 1.82) is 0 Å². The molecule has 0 atom stereocenters. The zero-order chi connectivity index (χ0) is 27.9. The van der Waals surface area contributed by atoms with Gasteiger partial charge in [0, 0.05) is 49.7 Å². The van der Waals surface area contributed by atoms with Crippen LogP contribution in [0.2, 0.25) is 0 Å². The molecular weight excluding hydrogens is 521 g/mol. The number of carbonyl (C=O) groups excluding carboxylic acids is 2. The molecule has 3 aromatic heterocycles. The van der Waals surface area contributed by atoms with Crippen molar-refractivity contribution >= 4 is 17.4 Å². The maximum Gasteiger partial charge on any atom is 0.433 e. The Labute approximate surface area is 228 Å². The van der Waals surface area contributed by atoms with E-state index in [2.05, 4.69) is 20.0 Å². The number of likely N-dealkylation sites (tertiary alicyclic amines) is 1. The lowest BCUT2D eigenvalue weighted by Gasteiger charge is -2.44. The molecule has 6 rings (SSSR count). The van der Waals surface area contributed by atoms with Gasteiger partial charge in [-0.3, -0.25) is 14.6 Å². The number of aromatic nitrogens is 4. The number of alkyl halides is 3. The molecule has 0 N–H and O–H groups in total. The first-order chi connectivity index (χ1) is 19.3. The predicted octanol–water partition coefficient (Wildman–Crippen LogP) is 4.80. The molecule has 4 aromatic rings. The molecule has 40 heavy (non-hydrogen) atoms. The Hall–Kier alpha value is -4.54. The molecule has 1 amide bonds. The molecular formula is C29H25F3N6O2. The first-order valence-electron chi connectivity index (χ1n) is 13.0. The predicted molar refractivity (Wildman–Crippen MR) is 141 cm³/mol. The standard InChI is InChI=1S/C29H25F3N6O2/c30-29(31,32)25-7-6-22(19-34-25)38-24(20-8-13-33-14-9-20)18-23(35-38)27(40)36-16-11-28(12-17-36)26(39)10-15-37(28)21-4-2-1-3-5-21/h1-9,13-14,18-19H,10-12,15-17H2. The normalized spacial score (nSPS) is 17.0. The highest BCUT2D eigenvalue weighted by molar-refractivity contribution is 5.97. The van der Waals surface area contributed by atoms with Crippen LogP contribution in [0.1, 0.15) is 35.4 Å². The van der Waals surface area contributed by atoms with E-state index in [1.54, 1.807) is 35.5 Å². The average Bonchev–Trinajstić information content (AvgIpc) is 3.56. The Morgan fingerprint density at radius 1 is 0.900 bits per heavy atom. The number of rotatable bonds is 4. The van der Waals surface area contributed by atoms with Gasteiger partial charge in [-0.05, 0) is 55.3 Å². The maximum atomic E-state index is 13.6. The molecule has 0 bridgehead atoms. The molecule has 2 aliphatic rings. The highest BCUT2D eigenvalue weighted by Gasteiger charge is 2.50. The number of pyridine rings is 2. The fourth-order valence-corrected chi connectivity index (χ4v) is 5.67. The SMILES string of the molecule is O=C(c1cc(-c2ccncc2)n(-c2ccc(C(F)(F)F)nc2)n1)N1CCC2(CC1)C(=O)CCN2c1ccccc1. The van der Waals surface area contributed by atoms with Gasteiger partial charge in [0.25, 0.3) is 5.91 Å². The van der Waals surface area contributed by atoms with Crippen LogP contribution in [0.5, 0.6) is 0 Å². The van der Waals surface area contributed by atoms with Crippen LogP contribution < -0.4 is 4.90 Å². The van der Waals surface area contributed by atoms with Crippen molar-refractivity contribution in [3.05, 3.63) is 90.6 Å². The van der Waals surface area contributed by atoms with Gasteiger partial charge in [-0.25, -0.2) is 9.67 Å². The fourth-order valence-electron chi connectivity index (χ4n) is 5.67. The zero-order valence-corrected chi connectivity index (χ0v) is 21.4. The van der Waals surface area contributed by atoms with Crippen LogP contribution in [-0.2, 0) is 11.0 Å². The third kappa shape index (κ3) is 4.51. The van der Waals surface area contributed by atoms with Crippen LogP contribution in [0.3, 0.4) is 0 Å². The number of halogens is 3. The second kappa shape index (κ2) is 9.89. The van der Waals surface area contributed by atoms with Crippen LogP contribution in [0, 0.1) is 0 Å². The van der Waals surface area contributed by atoms with Crippen molar-refractivity contribution in [3.8, 4) is 16.9 Å². The Bertz CT molecular complexity index is 1530. The van der Waals surface area contributed by atoms with Crippen molar-refractivity contribution in [2.45, 2.75) is 31.0 Å². The second-order valence-corrected chi connectivity index (χ2v) is 9.95. The summed E-state index contributed by atoms with van der Waals surface area (Å²) in [5, 5.41) is 4.50. The zero-order valence-electron chi connectivity index (χ0n) is 21.4. The number of carbonyl (C=O) groups is 2. The number of piperidine rings is 1. The van der Waals surface area contributed by atoms with E-state index in [9.17, 15) is 22.8 Å². The summed E-state index contributed by atoms with van der Waals surface area (Å²) in [4.78, 5) is 38.1. The summed E-state index contributed by atoms with van der Waals surface area (Å²) < 4.78 is 40.6. The van der Waals surface area contributed by atoms with E-state index in [1.165, 1.54) is 10.7 Å². The fraction of sp³-hybridized carbons (Fsp3) is 0.276. The average molecular weight is 547 g/mol. The molecule has 5 heterocycles. The topological polar surface area (TPSA) is 84.2 Å². The number of nitrogens with zero attached hydrogens (tertiary/aromatic N) is 6. The lowest BCUT2D eigenvalue weighted by molar-refractivity contribution is -0.141. The van der Waals surface area contributed by atoms with Gasteiger partial charge in [-0.2, -0.15) is 18.3 Å². The van der Waals surface area contributed by atoms with Gasteiger partial charge >= 0.3 is 6.18 Å². The summed E-state index contributed by atoms with van der Waals surface area (Å²) in [6.07, 6.45) is 1.17. The molecule has 11 heteroatoms. The molecule has 0 unspecified atom stereocenters. The monoisotopic (exact) mass is 546 g/mol. The van der Waals surface area contributed by atoms with E-state index in [0.717, 1.165) is 18.0 Å². The summed E-state index contributed by atoms with van der Waals surface area (Å²) >= 11 is 0. The summed E-state index contributed by atoms with van der Waals surface area (Å²) in [5.41, 5.74) is 0.992. The number of amides is 1. The van der Waals surface area contributed by atoms with Gasteiger partial charge in [0.15, 0.2) is 11.5 Å². The second-order valence-electron chi connectivity index (χ2n) is 9.95.